The Morgan fingerprint density at radius 3 is 2.44 bits per heavy atom. The van der Waals surface area contributed by atoms with Crippen LogP contribution in [0.5, 0.6) is 0 Å². The summed E-state index contributed by atoms with van der Waals surface area (Å²) in [6.45, 7) is 3.94. The fourth-order valence-corrected chi connectivity index (χ4v) is 3.40. The van der Waals surface area contributed by atoms with E-state index in [0.717, 1.165) is 24.2 Å². The summed E-state index contributed by atoms with van der Waals surface area (Å²) in [6.07, 6.45) is 2.83. The highest BCUT2D eigenvalue weighted by Gasteiger charge is 2.20. The van der Waals surface area contributed by atoms with E-state index >= 15 is 0 Å². The summed E-state index contributed by atoms with van der Waals surface area (Å²) in [5.41, 5.74) is 4.39. The SMILES string of the molecule is CC#CCC(C(=O)O)c1ccc(-c2ccccc2N2CCCC2)cc1. The third-order valence-electron chi connectivity index (χ3n) is 4.76. The second-order valence-electron chi connectivity index (χ2n) is 6.36. The van der Waals surface area contributed by atoms with Gasteiger partial charge in [0, 0.05) is 30.8 Å². The average Bonchev–Trinajstić information content (AvgIpc) is 3.17. The predicted molar refractivity (Wildman–Crippen MR) is 102 cm³/mol. The molecule has 2 aromatic rings. The smallest absolute Gasteiger partial charge is 0.311 e. The van der Waals surface area contributed by atoms with Crippen molar-refractivity contribution < 1.29 is 9.90 Å². The molecule has 1 fully saturated rings. The zero-order valence-corrected chi connectivity index (χ0v) is 14.5. The van der Waals surface area contributed by atoms with Crippen LogP contribution in [0.3, 0.4) is 0 Å². The van der Waals surface area contributed by atoms with E-state index in [-0.39, 0.29) is 0 Å². The van der Waals surface area contributed by atoms with Gasteiger partial charge in [0.15, 0.2) is 0 Å². The molecule has 1 saturated heterocycles. The maximum Gasteiger partial charge on any atom is 0.311 e. The molecular formula is C22H23NO2. The van der Waals surface area contributed by atoms with E-state index in [1.165, 1.54) is 24.1 Å². The minimum atomic E-state index is -0.826. The van der Waals surface area contributed by atoms with Crippen molar-refractivity contribution in [3.8, 4) is 23.0 Å². The van der Waals surface area contributed by atoms with Gasteiger partial charge in [-0.15, -0.1) is 11.8 Å². The van der Waals surface area contributed by atoms with Crippen molar-refractivity contribution in [2.75, 3.05) is 18.0 Å². The molecule has 0 bridgehead atoms. The van der Waals surface area contributed by atoms with Crippen LogP contribution < -0.4 is 4.90 Å². The number of carboxylic acids is 1. The van der Waals surface area contributed by atoms with Crippen LogP contribution in [0.15, 0.2) is 48.5 Å². The van der Waals surface area contributed by atoms with Gasteiger partial charge in [-0.3, -0.25) is 4.79 Å². The largest absolute Gasteiger partial charge is 0.481 e. The lowest BCUT2D eigenvalue weighted by molar-refractivity contribution is -0.138. The average molecular weight is 333 g/mol. The van der Waals surface area contributed by atoms with Crippen molar-refractivity contribution in [3.05, 3.63) is 54.1 Å². The first-order chi connectivity index (χ1) is 12.2. The Balaban J connectivity index is 1.90. The third kappa shape index (κ3) is 3.85. The number of carboxylic acid groups (broad SMARTS) is 1. The Kier molecular flexibility index (Phi) is 5.40. The molecule has 3 heteroatoms. The molecule has 0 saturated carbocycles. The lowest BCUT2D eigenvalue weighted by Gasteiger charge is -2.21. The fraction of sp³-hybridized carbons (Fsp3) is 0.318. The van der Waals surface area contributed by atoms with Crippen molar-refractivity contribution >= 4 is 11.7 Å². The number of hydrogen-bond donors (Lipinski definition) is 1. The molecule has 1 heterocycles. The molecule has 1 atom stereocenters. The van der Waals surface area contributed by atoms with Crippen LogP contribution in [0.2, 0.25) is 0 Å². The second kappa shape index (κ2) is 7.90. The summed E-state index contributed by atoms with van der Waals surface area (Å²) in [5, 5.41) is 9.45. The standard InChI is InChI=1S/C22H23NO2/c1-2-3-8-20(22(24)25)18-13-11-17(12-14-18)19-9-4-5-10-21(19)23-15-6-7-16-23/h4-5,9-14,20H,6-8,15-16H2,1H3,(H,24,25). The maximum atomic E-state index is 11.5. The predicted octanol–water partition coefficient (Wildman–Crippen LogP) is 4.54. The summed E-state index contributed by atoms with van der Waals surface area (Å²) in [7, 11) is 0. The number of benzene rings is 2. The van der Waals surface area contributed by atoms with Crippen molar-refractivity contribution in [1.29, 1.82) is 0 Å². The van der Waals surface area contributed by atoms with Gasteiger partial charge in [-0.2, -0.15) is 0 Å². The highest BCUT2D eigenvalue weighted by Crippen LogP contribution is 2.33. The van der Waals surface area contributed by atoms with Gasteiger partial charge in [0.2, 0.25) is 0 Å². The minimum Gasteiger partial charge on any atom is -0.481 e. The summed E-state index contributed by atoms with van der Waals surface area (Å²) in [5.74, 6) is 4.26. The zero-order valence-electron chi connectivity index (χ0n) is 14.5. The zero-order chi connectivity index (χ0) is 17.6. The first-order valence-electron chi connectivity index (χ1n) is 8.77. The first kappa shape index (κ1) is 17.1. The third-order valence-corrected chi connectivity index (χ3v) is 4.76. The highest BCUT2D eigenvalue weighted by atomic mass is 16.4. The molecule has 0 spiro atoms. The molecule has 1 aliphatic heterocycles. The number of aliphatic carboxylic acids is 1. The Hall–Kier alpha value is -2.73. The van der Waals surface area contributed by atoms with Crippen LogP contribution in [-0.2, 0) is 4.79 Å². The number of hydrogen-bond acceptors (Lipinski definition) is 2. The first-order valence-corrected chi connectivity index (χ1v) is 8.77. The summed E-state index contributed by atoms with van der Waals surface area (Å²) in [6, 6.07) is 16.3. The number of nitrogens with zero attached hydrogens (tertiary/aromatic N) is 1. The Bertz CT molecular complexity index is 793. The van der Waals surface area contributed by atoms with Gasteiger partial charge in [-0.25, -0.2) is 0 Å². The molecule has 0 aromatic heterocycles. The Labute approximate surface area is 149 Å². The normalized spacial score (nSPS) is 14.7. The molecule has 1 aliphatic rings. The molecule has 128 valence electrons. The summed E-state index contributed by atoms with van der Waals surface area (Å²) >= 11 is 0. The maximum absolute atomic E-state index is 11.5. The summed E-state index contributed by atoms with van der Waals surface area (Å²) in [4.78, 5) is 13.9. The number of carbonyl (C=O) groups is 1. The van der Waals surface area contributed by atoms with Crippen LogP contribution in [0.4, 0.5) is 5.69 Å². The minimum absolute atomic E-state index is 0.343. The van der Waals surface area contributed by atoms with Gasteiger partial charge in [-0.05, 0) is 37.0 Å². The lowest BCUT2D eigenvalue weighted by atomic mass is 9.93. The molecule has 3 nitrogen and oxygen atoms in total. The Morgan fingerprint density at radius 1 is 1.12 bits per heavy atom. The van der Waals surface area contributed by atoms with Gasteiger partial charge in [-0.1, -0.05) is 42.5 Å². The van der Waals surface area contributed by atoms with Crippen molar-refractivity contribution in [2.24, 2.45) is 0 Å². The molecule has 0 aliphatic carbocycles. The van der Waals surface area contributed by atoms with Gasteiger partial charge in [0.25, 0.3) is 0 Å². The molecule has 25 heavy (non-hydrogen) atoms. The molecule has 2 aromatic carbocycles. The second-order valence-corrected chi connectivity index (χ2v) is 6.36. The van der Waals surface area contributed by atoms with Crippen LogP contribution >= 0.6 is 0 Å². The van der Waals surface area contributed by atoms with Crippen LogP contribution in [0, 0.1) is 11.8 Å². The van der Waals surface area contributed by atoms with Crippen molar-refractivity contribution in [2.45, 2.75) is 32.1 Å². The van der Waals surface area contributed by atoms with E-state index in [4.69, 9.17) is 0 Å². The van der Waals surface area contributed by atoms with Crippen molar-refractivity contribution in [3.63, 3.8) is 0 Å². The summed E-state index contributed by atoms with van der Waals surface area (Å²) < 4.78 is 0. The number of para-hydroxylation sites is 1. The number of rotatable bonds is 5. The van der Waals surface area contributed by atoms with Gasteiger partial charge in [0.1, 0.15) is 0 Å². The van der Waals surface area contributed by atoms with E-state index in [0.29, 0.717) is 6.42 Å². The monoisotopic (exact) mass is 333 g/mol. The Morgan fingerprint density at radius 2 is 1.80 bits per heavy atom. The van der Waals surface area contributed by atoms with E-state index in [9.17, 15) is 9.90 Å². The molecule has 0 amide bonds. The molecule has 3 rings (SSSR count). The van der Waals surface area contributed by atoms with Crippen LogP contribution in [0.25, 0.3) is 11.1 Å². The topological polar surface area (TPSA) is 40.5 Å². The molecule has 1 N–H and O–H groups in total. The van der Waals surface area contributed by atoms with Crippen LogP contribution in [-0.4, -0.2) is 24.2 Å². The van der Waals surface area contributed by atoms with Gasteiger partial charge >= 0.3 is 5.97 Å². The lowest BCUT2D eigenvalue weighted by Crippen LogP contribution is -2.18. The highest BCUT2D eigenvalue weighted by molar-refractivity contribution is 5.80. The van der Waals surface area contributed by atoms with E-state index in [2.05, 4.69) is 41.0 Å². The van der Waals surface area contributed by atoms with Crippen LogP contribution in [0.1, 0.15) is 37.7 Å². The molecule has 0 radical (unpaired) electrons. The van der Waals surface area contributed by atoms with E-state index in [1.54, 1.807) is 6.92 Å². The van der Waals surface area contributed by atoms with Gasteiger partial charge in [0.05, 0.1) is 5.92 Å². The fourth-order valence-electron chi connectivity index (χ4n) is 3.40. The quantitative estimate of drug-likeness (QED) is 0.817. The molecular weight excluding hydrogens is 310 g/mol. The van der Waals surface area contributed by atoms with Gasteiger partial charge < -0.3 is 10.0 Å². The van der Waals surface area contributed by atoms with Crippen molar-refractivity contribution in [1.82, 2.24) is 0 Å². The molecule has 1 unspecified atom stereocenters. The number of anilines is 1. The van der Waals surface area contributed by atoms with E-state index < -0.39 is 11.9 Å². The van der Waals surface area contributed by atoms with E-state index in [1.807, 2.05) is 24.3 Å².